The number of carbonyl (C=O) groups is 2. The summed E-state index contributed by atoms with van der Waals surface area (Å²) in [6.45, 7) is 1.21. The zero-order valence-corrected chi connectivity index (χ0v) is 16.5. The van der Waals surface area contributed by atoms with Gasteiger partial charge >= 0.3 is 0 Å². The fourth-order valence-corrected chi connectivity index (χ4v) is 2.93. The van der Waals surface area contributed by atoms with E-state index in [0.717, 1.165) is 25.0 Å². The van der Waals surface area contributed by atoms with E-state index in [1.807, 2.05) is 0 Å². The Kier molecular flexibility index (Phi) is 7.61. The summed E-state index contributed by atoms with van der Waals surface area (Å²) < 4.78 is 10.9. The van der Waals surface area contributed by atoms with Crippen LogP contribution in [0.25, 0.3) is 0 Å². The van der Waals surface area contributed by atoms with Crippen LogP contribution in [-0.4, -0.2) is 43.9 Å². The number of hydrogen-bond donors (Lipinski definition) is 2. The first-order valence-corrected chi connectivity index (χ1v) is 9.68. The molecule has 7 nitrogen and oxygen atoms in total. The molecule has 1 atom stereocenters. The van der Waals surface area contributed by atoms with E-state index in [2.05, 4.69) is 15.8 Å². The molecule has 1 saturated heterocycles. The molecule has 0 spiro atoms. The molecule has 3 rings (SSSR count). The van der Waals surface area contributed by atoms with Crippen LogP contribution >= 0.6 is 11.6 Å². The molecule has 0 saturated carbocycles. The molecule has 1 aliphatic rings. The molecule has 0 unspecified atom stereocenters. The molecular weight excluding hydrogens is 394 g/mol. The lowest BCUT2D eigenvalue weighted by Gasteiger charge is -2.11. The molecule has 2 aromatic rings. The van der Waals surface area contributed by atoms with Gasteiger partial charge in [-0.15, -0.1) is 0 Å². The molecule has 0 aromatic heterocycles. The van der Waals surface area contributed by atoms with Crippen molar-refractivity contribution in [2.24, 2.45) is 5.10 Å². The third kappa shape index (κ3) is 6.89. The van der Waals surface area contributed by atoms with Gasteiger partial charge in [-0.05, 0) is 60.9 Å². The predicted molar refractivity (Wildman–Crippen MR) is 110 cm³/mol. The van der Waals surface area contributed by atoms with Crippen molar-refractivity contribution < 1.29 is 19.1 Å². The van der Waals surface area contributed by atoms with E-state index >= 15 is 0 Å². The van der Waals surface area contributed by atoms with Gasteiger partial charge in [0.25, 0.3) is 11.8 Å². The first-order chi connectivity index (χ1) is 14.1. The summed E-state index contributed by atoms with van der Waals surface area (Å²) in [5, 5.41) is 7.22. The summed E-state index contributed by atoms with van der Waals surface area (Å²) in [7, 11) is 0. The van der Waals surface area contributed by atoms with Gasteiger partial charge in [-0.1, -0.05) is 17.7 Å². The van der Waals surface area contributed by atoms with Crippen LogP contribution in [0.1, 0.15) is 28.8 Å². The van der Waals surface area contributed by atoms with Gasteiger partial charge < -0.3 is 14.8 Å². The monoisotopic (exact) mass is 415 g/mol. The number of nitrogens with one attached hydrogen (secondary N) is 2. The molecule has 1 fully saturated rings. The zero-order chi connectivity index (χ0) is 20.5. The number of rotatable bonds is 8. The molecule has 2 amide bonds. The standard InChI is InChI=1S/C21H22ClN3O4/c22-17-4-1-3-16(11-17)21(27)25-24-12-15-6-8-18(9-7-15)29-14-20(26)23-13-19-5-2-10-28-19/h1,3-4,6-9,11-12,19H,2,5,10,13-14H2,(H,23,26)(H,25,27)/b24-12-/t19-/m1/s1. The van der Waals surface area contributed by atoms with E-state index in [4.69, 9.17) is 21.1 Å². The largest absolute Gasteiger partial charge is 0.484 e. The van der Waals surface area contributed by atoms with Crippen molar-refractivity contribution in [3.05, 3.63) is 64.7 Å². The van der Waals surface area contributed by atoms with Crippen molar-refractivity contribution >= 4 is 29.6 Å². The number of carbonyl (C=O) groups excluding carboxylic acids is 2. The highest BCUT2D eigenvalue weighted by molar-refractivity contribution is 6.30. The molecule has 2 aromatic carbocycles. The van der Waals surface area contributed by atoms with Crippen molar-refractivity contribution in [1.82, 2.24) is 10.7 Å². The summed E-state index contributed by atoms with van der Waals surface area (Å²) in [5.41, 5.74) is 3.64. The van der Waals surface area contributed by atoms with Gasteiger partial charge in [0.15, 0.2) is 6.61 Å². The maximum atomic E-state index is 12.0. The second kappa shape index (κ2) is 10.6. The number of halogens is 1. The van der Waals surface area contributed by atoms with Crippen molar-refractivity contribution in [3.8, 4) is 5.75 Å². The quantitative estimate of drug-likeness (QED) is 0.512. The molecule has 1 aliphatic heterocycles. The minimum atomic E-state index is -0.349. The number of hydrogen-bond acceptors (Lipinski definition) is 5. The van der Waals surface area contributed by atoms with Crippen molar-refractivity contribution in [2.45, 2.75) is 18.9 Å². The average Bonchev–Trinajstić information content (AvgIpc) is 3.25. The Labute approximate surface area is 174 Å². The lowest BCUT2D eigenvalue weighted by Crippen LogP contribution is -2.35. The molecule has 152 valence electrons. The van der Waals surface area contributed by atoms with E-state index in [1.165, 1.54) is 6.21 Å². The first kappa shape index (κ1) is 20.8. The highest BCUT2D eigenvalue weighted by atomic mass is 35.5. The molecule has 29 heavy (non-hydrogen) atoms. The van der Waals surface area contributed by atoms with E-state index in [-0.39, 0.29) is 24.5 Å². The van der Waals surface area contributed by atoms with Crippen LogP contribution in [-0.2, 0) is 9.53 Å². The Bertz CT molecular complexity index is 864. The zero-order valence-electron chi connectivity index (χ0n) is 15.8. The van der Waals surface area contributed by atoms with Crippen LogP contribution in [0.5, 0.6) is 5.75 Å². The first-order valence-electron chi connectivity index (χ1n) is 9.30. The maximum Gasteiger partial charge on any atom is 0.271 e. The second-order valence-electron chi connectivity index (χ2n) is 6.51. The summed E-state index contributed by atoms with van der Waals surface area (Å²) >= 11 is 5.87. The number of ether oxygens (including phenoxy) is 2. The second-order valence-corrected chi connectivity index (χ2v) is 6.94. The Morgan fingerprint density at radius 1 is 1.24 bits per heavy atom. The minimum Gasteiger partial charge on any atom is -0.484 e. The van der Waals surface area contributed by atoms with E-state index in [9.17, 15) is 9.59 Å². The van der Waals surface area contributed by atoms with Crippen LogP contribution in [0.4, 0.5) is 0 Å². The molecule has 1 heterocycles. The smallest absolute Gasteiger partial charge is 0.271 e. The predicted octanol–water partition coefficient (Wildman–Crippen LogP) is 2.78. The fraction of sp³-hybridized carbons (Fsp3) is 0.286. The number of hydrazone groups is 1. The maximum absolute atomic E-state index is 12.0. The lowest BCUT2D eigenvalue weighted by atomic mass is 10.2. The Morgan fingerprint density at radius 2 is 2.07 bits per heavy atom. The minimum absolute atomic E-state index is 0.0597. The van der Waals surface area contributed by atoms with Crippen LogP contribution in [0.15, 0.2) is 53.6 Å². The van der Waals surface area contributed by atoms with E-state index in [1.54, 1.807) is 48.5 Å². The van der Waals surface area contributed by atoms with Gasteiger partial charge in [0.2, 0.25) is 0 Å². The van der Waals surface area contributed by atoms with Gasteiger partial charge in [0, 0.05) is 23.7 Å². The Morgan fingerprint density at radius 3 is 2.79 bits per heavy atom. The van der Waals surface area contributed by atoms with Gasteiger partial charge in [0.05, 0.1) is 12.3 Å². The molecule has 2 N–H and O–H groups in total. The summed E-state index contributed by atoms with van der Waals surface area (Å²) in [4.78, 5) is 23.8. The SMILES string of the molecule is O=C(COc1ccc(/C=N\NC(=O)c2cccc(Cl)c2)cc1)NC[C@H]1CCCO1. The van der Waals surface area contributed by atoms with Gasteiger partial charge in [-0.2, -0.15) is 5.10 Å². The Hall–Kier alpha value is -2.90. The van der Waals surface area contributed by atoms with Gasteiger partial charge in [-0.25, -0.2) is 5.43 Å². The molecule has 8 heteroatoms. The highest BCUT2D eigenvalue weighted by Crippen LogP contribution is 2.12. The molecule has 0 aliphatic carbocycles. The third-order valence-corrected chi connectivity index (χ3v) is 4.50. The highest BCUT2D eigenvalue weighted by Gasteiger charge is 2.16. The van der Waals surface area contributed by atoms with Crippen molar-refractivity contribution in [3.63, 3.8) is 0 Å². The number of nitrogens with zero attached hydrogens (tertiary/aromatic N) is 1. The molecule has 0 bridgehead atoms. The normalized spacial score (nSPS) is 16.0. The van der Waals surface area contributed by atoms with E-state index in [0.29, 0.717) is 22.9 Å². The number of amides is 2. The topological polar surface area (TPSA) is 89.0 Å². The van der Waals surface area contributed by atoms with Crippen molar-refractivity contribution in [1.29, 1.82) is 0 Å². The van der Waals surface area contributed by atoms with E-state index < -0.39 is 0 Å². The fourth-order valence-electron chi connectivity index (χ4n) is 2.74. The third-order valence-electron chi connectivity index (χ3n) is 4.27. The van der Waals surface area contributed by atoms with Gasteiger partial charge in [0.1, 0.15) is 5.75 Å². The number of benzene rings is 2. The summed E-state index contributed by atoms with van der Waals surface area (Å²) in [6, 6.07) is 13.6. The summed E-state index contributed by atoms with van der Waals surface area (Å²) in [5.74, 6) is 0.0324. The van der Waals surface area contributed by atoms with Crippen LogP contribution < -0.4 is 15.5 Å². The Balaban J connectivity index is 1.40. The van der Waals surface area contributed by atoms with Crippen LogP contribution in [0, 0.1) is 0 Å². The molecule has 0 radical (unpaired) electrons. The van der Waals surface area contributed by atoms with Crippen LogP contribution in [0.3, 0.4) is 0 Å². The lowest BCUT2D eigenvalue weighted by molar-refractivity contribution is -0.123. The average molecular weight is 416 g/mol. The van der Waals surface area contributed by atoms with Gasteiger partial charge in [-0.3, -0.25) is 9.59 Å². The summed E-state index contributed by atoms with van der Waals surface area (Å²) in [6.07, 6.45) is 3.64. The van der Waals surface area contributed by atoms with Crippen LogP contribution in [0.2, 0.25) is 5.02 Å². The molecular formula is C21H22ClN3O4. The van der Waals surface area contributed by atoms with Crippen molar-refractivity contribution in [2.75, 3.05) is 19.8 Å².